The Kier molecular flexibility index (Phi) is 5.26. The number of carbonyl (C=O) groups excluding carboxylic acids is 1. The number of carboxylic acid groups (broad SMARTS) is 2. The van der Waals surface area contributed by atoms with E-state index in [-0.39, 0.29) is 23.6 Å². The molecule has 0 amide bonds. The third-order valence-electron chi connectivity index (χ3n) is 3.49. The fourth-order valence-corrected chi connectivity index (χ4v) is 2.06. The van der Waals surface area contributed by atoms with E-state index in [0.717, 1.165) is 0 Å². The zero-order valence-electron chi connectivity index (χ0n) is 12.2. The second-order valence-electron chi connectivity index (χ2n) is 5.02. The fraction of sp³-hybridized carbons (Fsp3) is 0.500. The third kappa shape index (κ3) is 3.91. The Labute approximate surface area is 122 Å². The molecule has 1 heterocycles. The Morgan fingerprint density at radius 1 is 1.24 bits per heavy atom. The average molecular weight is 297 g/mol. The smallest absolute Gasteiger partial charge is 0.330 e. The molecule has 0 bridgehead atoms. The van der Waals surface area contributed by atoms with E-state index in [1.807, 2.05) is 0 Å². The normalized spacial score (nSPS) is 21.4. The van der Waals surface area contributed by atoms with E-state index in [0.29, 0.717) is 6.54 Å². The first-order chi connectivity index (χ1) is 9.74. The lowest BCUT2D eigenvalue weighted by Crippen LogP contribution is -2.37. The van der Waals surface area contributed by atoms with Crippen LogP contribution < -0.4 is 5.32 Å². The lowest BCUT2D eigenvalue weighted by Gasteiger charge is -2.26. The van der Waals surface area contributed by atoms with Gasteiger partial charge in [-0.05, 0) is 20.3 Å². The van der Waals surface area contributed by atoms with E-state index < -0.39 is 23.3 Å². The number of carboxylic acids is 2. The number of carbonyl (C=O) groups is 3. The number of hydrogen-bond donors (Lipinski definition) is 3. The van der Waals surface area contributed by atoms with E-state index in [9.17, 15) is 14.4 Å². The number of nitrogens with one attached hydrogen (secondary N) is 1. The highest BCUT2D eigenvalue weighted by Gasteiger charge is 2.50. The molecule has 0 aliphatic carbocycles. The molecule has 0 aromatic heterocycles. The van der Waals surface area contributed by atoms with Gasteiger partial charge in [0.25, 0.3) is 0 Å². The summed E-state index contributed by atoms with van der Waals surface area (Å²) in [6.07, 6.45) is 2.81. The first-order valence-electron chi connectivity index (χ1n) is 6.39. The first kappa shape index (κ1) is 16.9. The molecular formula is C14H19NO6. The zero-order chi connectivity index (χ0) is 16.2. The quantitative estimate of drug-likeness (QED) is 0.356. The second kappa shape index (κ2) is 6.53. The number of ether oxygens (including phenoxy) is 1. The van der Waals surface area contributed by atoms with Crippen LogP contribution in [-0.4, -0.2) is 47.8 Å². The maximum Gasteiger partial charge on any atom is 0.330 e. The maximum absolute atomic E-state index is 12.2. The summed E-state index contributed by atoms with van der Waals surface area (Å²) in [5.74, 6) is -2.81. The fourth-order valence-electron chi connectivity index (χ4n) is 2.06. The highest BCUT2D eigenvalue weighted by Crippen LogP contribution is 2.37. The molecule has 7 heteroatoms. The summed E-state index contributed by atoms with van der Waals surface area (Å²) < 4.78 is 4.80. The summed E-state index contributed by atoms with van der Waals surface area (Å²) in [6.45, 7) is 3.34. The highest BCUT2D eigenvalue weighted by atomic mass is 16.5. The summed E-state index contributed by atoms with van der Waals surface area (Å²) in [4.78, 5) is 34.1. The number of allylic oxidation sites excluding steroid dienone is 1. The number of hydrogen-bond acceptors (Lipinski definition) is 5. The predicted molar refractivity (Wildman–Crippen MR) is 73.6 cm³/mol. The Morgan fingerprint density at radius 2 is 1.76 bits per heavy atom. The van der Waals surface area contributed by atoms with Crippen LogP contribution in [0.3, 0.4) is 0 Å². The van der Waals surface area contributed by atoms with Gasteiger partial charge in [0.1, 0.15) is 5.41 Å². The van der Waals surface area contributed by atoms with Gasteiger partial charge in [0, 0.05) is 23.7 Å². The van der Waals surface area contributed by atoms with Crippen LogP contribution >= 0.6 is 0 Å². The van der Waals surface area contributed by atoms with Crippen LogP contribution in [0.5, 0.6) is 0 Å². The predicted octanol–water partition coefficient (Wildman–Crippen LogP) is 0.569. The number of esters is 1. The van der Waals surface area contributed by atoms with Crippen molar-refractivity contribution in [1.82, 2.24) is 5.32 Å². The molecule has 3 N–H and O–H groups in total. The van der Waals surface area contributed by atoms with E-state index in [1.54, 1.807) is 0 Å². The minimum atomic E-state index is -1.21. The van der Waals surface area contributed by atoms with Crippen LogP contribution in [0.25, 0.3) is 0 Å². The standard InChI is InChI=1S/C14H19NO6/c1-8(11(16)17)4-5-14(10-7-15-10,13(20)21-3)6-9(2)12(18)19/h4,6,10,15H,5,7H2,1-3H3,(H,16,17)(H,18,19). The van der Waals surface area contributed by atoms with Gasteiger partial charge in [0.2, 0.25) is 0 Å². The Bertz CT molecular complexity index is 518. The molecule has 0 aromatic carbocycles. The maximum atomic E-state index is 12.2. The van der Waals surface area contributed by atoms with Gasteiger partial charge in [-0.3, -0.25) is 4.79 Å². The van der Waals surface area contributed by atoms with E-state index >= 15 is 0 Å². The summed E-state index contributed by atoms with van der Waals surface area (Å²) in [5.41, 5.74) is -1.12. The Balaban J connectivity index is 3.23. The van der Waals surface area contributed by atoms with Crippen molar-refractivity contribution in [2.75, 3.05) is 13.7 Å². The Hall–Kier alpha value is -2.15. The van der Waals surface area contributed by atoms with Crippen molar-refractivity contribution < 1.29 is 29.3 Å². The zero-order valence-corrected chi connectivity index (χ0v) is 12.2. The second-order valence-corrected chi connectivity index (χ2v) is 5.02. The van der Waals surface area contributed by atoms with Gasteiger partial charge in [-0.25, -0.2) is 9.59 Å². The average Bonchev–Trinajstić information content (AvgIpc) is 3.26. The Morgan fingerprint density at radius 3 is 2.14 bits per heavy atom. The molecule has 0 aromatic rings. The molecular weight excluding hydrogens is 278 g/mol. The van der Waals surface area contributed by atoms with Gasteiger partial charge in [-0.2, -0.15) is 0 Å². The van der Waals surface area contributed by atoms with Gasteiger partial charge < -0.3 is 20.3 Å². The number of aliphatic carboxylic acids is 2. The minimum absolute atomic E-state index is 0.00970. The molecule has 0 radical (unpaired) electrons. The third-order valence-corrected chi connectivity index (χ3v) is 3.49. The highest BCUT2D eigenvalue weighted by molar-refractivity contribution is 5.90. The molecule has 7 nitrogen and oxygen atoms in total. The van der Waals surface area contributed by atoms with Crippen LogP contribution in [0.4, 0.5) is 0 Å². The number of methoxy groups -OCH3 is 1. The molecule has 1 aliphatic heterocycles. The lowest BCUT2D eigenvalue weighted by atomic mass is 9.78. The van der Waals surface area contributed by atoms with Crippen molar-refractivity contribution in [1.29, 1.82) is 0 Å². The molecule has 1 saturated heterocycles. The molecule has 1 fully saturated rings. The lowest BCUT2D eigenvalue weighted by molar-refractivity contribution is -0.149. The van der Waals surface area contributed by atoms with Crippen LogP contribution in [0.2, 0.25) is 0 Å². The van der Waals surface area contributed by atoms with E-state index in [2.05, 4.69) is 5.32 Å². The van der Waals surface area contributed by atoms with Crippen LogP contribution in [-0.2, 0) is 19.1 Å². The molecule has 1 rings (SSSR count). The van der Waals surface area contributed by atoms with Gasteiger partial charge >= 0.3 is 17.9 Å². The van der Waals surface area contributed by atoms with Crippen molar-refractivity contribution >= 4 is 17.9 Å². The summed E-state index contributed by atoms with van der Waals surface area (Å²) in [7, 11) is 1.22. The molecule has 21 heavy (non-hydrogen) atoms. The monoisotopic (exact) mass is 297 g/mol. The van der Waals surface area contributed by atoms with Gasteiger partial charge in [0.15, 0.2) is 0 Å². The van der Waals surface area contributed by atoms with Crippen molar-refractivity contribution in [3.05, 3.63) is 23.3 Å². The van der Waals surface area contributed by atoms with Crippen LogP contribution in [0.15, 0.2) is 23.3 Å². The molecule has 2 unspecified atom stereocenters. The van der Waals surface area contributed by atoms with Gasteiger partial charge in [-0.15, -0.1) is 0 Å². The molecule has 116 valence electrons. The largest absolute Gasteiger partial charge is 0.478 e. The number of rotatable bonds is 7. The topological polar surface area (TPSA) is 123 Å². The molecule has 1 aliphatic rings. The minimum Gasteiger partial charge on any atom is -0.478 e. The van der Waals surface area contributed by atoms with Crippen molar-refractivity contribution in [2.24, 2.45) is 5.41 Å². The molecule has 0 saturated carbocycles. The molecule has 0 spiro atoms. The van der Waals surface area contributed by atoms with Gasteiger partial charge in [-0.1, -0.05) is 12.2 Å². The van der Waals surface area contributed by atoms with E-state index in [1.165, 1.54) is 33.1 Å². The van der Waals surface area contributed by atoms with Crippen LogP contribution in [0, 0.1) is 5.41 Å². The van der Waals surface area contributed by atoms with Crippen molar-refractivity contribution in [3.8, 4) is 0 Å². The summed E-state index contributed by atoms with van der Waals surface area (Å²) >= 11 is 0. The van der Waals surface area contributed by atoms with Gasteiger partial charge in [0.05, 0.1) is 7.11 Å². The summed E-state index contributed by atoms with van der Waals surface area (Å²) in [5, 5.41) is 20.9. The SMILES string of the molecule is COC(=O)C(C=C(C)C(=O)O)(CC=C(C)C(=O)O)C1CN1. The van der Waals surface area contributed by atoms with Crippen LogP contribution in [0.1, 0.15) is 20.3 Å². The first-order valence-corrected chi connectivity index (χ1v) is 6.39. The molecule has 2 atom stereocenters. The van der Waals surface area contributed by atoms with Crippen molar-refractivity contribution in [2.45, 2.75) is 26.3 Å². The van der Waals surface area contributed by atoms with E-state index in [4.69, 9.17) is 14.9 Å². The van der Waals surface area contributed by atoms with Crippen molar-refractivity contribution in [3.63, 3.8) is 0 Å². The summed E-state index contributed by atoms with van der Waals surface area (Å²) in [6, 6.07) is -0.267.